The number of aromatic nitrogens is 1. The average molecular weight is 442 g/mol. The van der Waals surface area contributed by atoms with Crippen LogP contribution >= 0.6 is 11.6 Å². The van der Waals surface area contributed by atoms with Crippen LogP contribution in [0.5, 0.6) is 0 Å². The molecule has 1 saturated heterocycles. The second kappa shape index (κ2) is 9.10. The fourth-order valence-corrected chi connectivity index (χ4v) is 4.27. The first-order valence-electron chi connectivity index (χ1n) is 10.5. The molecule has 0 bridgehead atoms. The van der Waals surface area contributed by atoms with Crippen LogP contribution in [0.25, 0.3) is 10.8 Å². The number of carbonyl (C=O) groups excluding carboxylic acids is 1. The van der Waals surface area contributed by atoms with Gasteiger partial charge in [-0.1, -0.05) is 11.6 Å². The molecule has 0 spiro atoms. The van der Waals surface area contributed by atoms with Crippen LogP contribution in [-0.4, -0.2) is 34.9 Å². The van der Waals surface area contributed by atoms with Crippen LogP contribution in [0.4, 0.5) is 10.1 Å². The number of nitrogens with zero attached hydrogens (tertiary/aromatic N) is 1. The molecule has 2 N–H and O–H groups in total. The molecule has 4 rings (SSSR count). The number of H-pyrrole nitrogens is 1. The third-order valence-corrected chi connectivity index (χ3v) is 6.11. The van der Waals surface area contributed by atoms with Crippen molar-refractivity contribution in [3.8, 4) is 0 Å². The number of pyridine rings is 1. The lowest BCUT2D eigenvalue weighted by atomic mass is 10.0. The summed E-state index contributed by atoms with van der Waals surface area (Å²) in [5.41, 5.74) is 2.12. The van der Waals surface area contributed by atoms with Crippen LogP contribution < -0.4 is 10.9 Å². The maximum absolute atomic E-state index is 13.6. The van der Waals surface area contributed by atoms with E-state index in [1.165, 1.54) is 12.1 Å². The van der Waals surface area contributed by atoms with Crippen molar-refractivity contribution >= 4 is 34.0 Å². The van der Waals surface area contributed by atoms with Gasteiger partial charge in [0.1, 0.15) is 5.82 Å². The molecule has 0 unspecified atom stereocenters. The van der Waals surface area contributed by atoms with Crippen molar-refractivity contribution in [1.29, 1.82) is 0 Å². The number of aryl methyl sites for hydroxylation is 2. The number of hydrogen-bond acceptors (Lipinski definition) is 3. The highest BCUT2D eigenvalue weighted by Crippen LogP contribution is 2.21. The van der Waals surface area contributed by atoms with Gasteiger partial charge >= 0.3 is 0 Å². The number of anilines is 1. The Balaban J connectivity index is 1.32. The van der Waals surface area contributed by atoms with E-state index in [1.54, 1.807) is 6.92 Å². The molecule has 0 aliphatic carbocycles. The lowest BCUT2D eigenvalue weighted by molar-refractivity contribution is -0.132. The van der Waals surface area contributed by atoms with Gasteiger partial charge in [-0.3, -0.25) is 9.59 Å². The molecule has 2 heterocycles. The van der Waals surface area contributed by atoms with Crippen molar-refractivity contribution in [1.82, 2.24) is 9.88 Å². The maximum atomic E-state index is 13.6. The smallest absolute Gasteiger partial charge is 0.256 e. The Hall–Kier alpha value is -2.86. The molecule has 1 fully saturated rings. The van der Waals surface area contributed by atoms with Crippen LogP contribution in [-0.2, 0) is 11.2 Å². The van der Waals surface area contributed by atoms with Gasteiger partial charge in [0.15, 0.2) is 0 Å². The Kier molecular flexibility index (Phi) is 6.28. The van der Waals surface area contributed by atoms with Gasteiger partial charge in [-0.2, -0.15) is 0 Å². The first kappa shape index (κ1) is 21.4. The summed E-state index contributed by atoms with van der Waals surface area (Å²) in [6.07, 6.45) is 2.54. The zero-order valence-corrected chi connectivity index (χ0v) is 18.1. The van der Waals surface area contributed by atoms with E-state index >= 15 is 0 Å². The quantitative estimate of drug-likeness (QED) is 0.605. The predicted octanol–water partition coefficient (Wildman–Crippen LogP) is 4.66. The SMILES string of the molecule is Cc1cc(F)cc2c(=O)[nH]c(CCC(=O)N3CCC(Nc4ccc(Cl)cc4)CC3)cc12. The van der Waals surface area contributed by atoms with Crippen molar-refractivity contribution in [3.05, 3.63) is 74.9 Å². The third-order valence-electron chi connectivity index (χ3n) is 5.86. The Morgan fingerprint density at radius 2 is 1.87 bits per heavy atom. The Labute approximate surface area is 185 Å². The van der Waals surface area contributed by atoms with E-state index in [0.29, 0.717) is 53.6 Å². The maximum Gasteiger partial charge on any atom is 0.256 e. The summed E-state index contributed by atoms with van der Waals surface area (Å²) in [6.45, 7) is 3.19. The largest absolute Gasteiger partial charge is 0.382 e. The van der Waals surface area contributed by atoms with E-state index in [0.717, 1.165) is 23.9 Å². The molecule has 3 aromatic rings. The van der Waals surface area contributed by atoms with Crippen LogP contribution in [0.2, 0.25) is 5.02 Å². The fraction of sp³-hybridized carbons (Fsp3) is 0.333. The topological polar surface area (TPSA) is 65.2 Å². The molecule has 5 nitrogen and oxygen atoms in total. The number of benzene rings is 2. The number of carbonyl (C=O) groups is 1. The first-order valence-corrected chi connectivity index (χ1v) is 10.9. The molecule has 1 aliphatic heterocycles. The number of amides is 1. The summed E-state index contributed by atoms with van der Waals surface area (Å²) in [4.78, 5) is 29.7. The Bertz CT molecular complexity index is 1150. The molecular weight excluding hydrogens is 417 g/mol. The van der Waals surface area contributed by atoms with Gasteiger partial charge in [0.2, 0.25) is 5.91 Å². The van der Waals surface area contributed by atoms with Gasteiger partial charge in [0.05, 0.1) is 5.39 Å². The van der Waals surface area contributed by atoms with Crippen LogP contribution in [0.1, 0.15) is 30.5 Å². The van der Waals surface area contributed by atoms with Gasteiger partial charge in [-0.25, -0.2) is 4.39 Å². The van der Waals surface area contributed by atoms with Crippen molar-refractivity contribution in [2.75, 3.05) is 18.4 Å². The molecule has 1 aromatic heterocycles. The van der Waals surface area contributed by atoms with Gasteiger partial charge in [-0.15, -0.1) is 0 Å². The minimum Gasteiger partial charge on any atom is -0.382 e. The van der Waals surface area contributed by atoms with E-state index in [2.05, 4.69) is 10.3 Å². The second-order valence-electron chi connectivity index (χ2n) is 8.11. The Morgan fingerprint density at radius 1 is 1.16 bits per heavy atom. The van der Waals surface area contributed by atoms with E-state index in [-0.39, 0.29) is 11.5 Å². The normalized spacial score (nSPS) is 14.7. The average Bonchev–Trinajstić information content (AvgIpc) is 2.75. The minimum absolute atomic E-state index is 0.0849. The zero-order chi connectivity index (χ0) is 22.0. The number of hydrogen-bond donors (Lipinski definition) is 2. The second-order valence-corrected chi connectivity index (χ2v) is 8.55. The summed E-state index contributed by atoms with van der Waals surface area (Å²) in [6, 6.07) is 12.5. The van der Waals surface area contributed by atoms with Crippen LogP contribution in [0.3, 0.4) is 0 Å². The highest BCUT2D eigenvalue weighted by atomic mass is 35.5. The number of nitrogens with one attached hydrogen (secondary N) is 2. The van der Waals surface area contributed by atoms with E-state index in [1.807, 2.05) is 35.2 Å². The summed E-state index contributed by atoms with van der Waals surface area (Å²) in [5, 5.41) is 5.26. The zero-order valence-electron chi connectivity index (χ0n) is 17.4. The lowest BCUT2D eigenvalue weighted by Crippen LogP contribution is -2.42. The monoisotopic (exact) mass is 441 g/mol. The summed E-state index contributed by atoms with van der Waals surface area (Å²) in [5.74, 6) is -0.339. The molecule has 2 aromatic carbocycles. The van der Waals surface area contributed by atoms with Crippen LogP contribution in [0.15, 0.2) is 47.3 Å². The highest BCUT2D eigenvalue weighted by molar-refractivity contribution is 6.30. The van der Waals surface area contributed by atoms with Gasteiger partial charge in [-0.05, 0) is 79.6 Å². The molecular formula is C24H25ClFN3O2. The van der Waals surface area contributed by atoms with Crippen molar-refractivity contribution < 1.29 is 9.18 Å². The number of halogens is 2. The standard InChI is InChI=1S/C24H25ClFN3O2/c1-15-12-17(26)13-22-21(15)14-20(28-24(22)31)6-7-23(30)29-10-8-19(9-11-29)27-18-4-2-16(25)3-5-18/h2-5,12-14,19,27H,6-11H2,1H3,(H,28,31). The Morgan fingerprint density at radius 3 is 2.58 bits per heavy atom. The predicted molar refractivity (Wildman–Crippen MR) is 122 cm³/mol. The summed E-state index contributed by atoms with van der Waals surface area (Å²) in [7, 11) is 0. The molecule has 0 radical (unpaired) electrons. The van der Waals surface area contributed by atoms with Crippen molar-refractivity contribution in [3.63, 3.8) is 0 Å². The fourth-order valence-electron chi connectivity index (χ4n) is 4.15. The third kappa shape index (κ3) is 5.07. The lowest BCUT2D eigenvalue weighted by Gasteiger charge is -2.33. The number of likely N-dealkylation sites (tertiary alicyclic amines) is 1. The van der Waals surface area contributed by atoms with Crippen LogP contribution in [0, 0.1) is 12.7 Å². The molecule has 0 saturated carbocycles. The van der Waals surface area contributed by atoms with Gasteiger partial charge in [0, 0.05) is 42.0 Å². The number of piperidine rings is 1. The number of aromatic amines is 1. The molecule has 162 valence electrons. The van der Waals surface area contributed by atoms with Crippen molar-refractivity contribution in [2.24, 2.45) is 0 Å². The summed E-state index contributed by atoms with van der Waals surface area (Å²) >= 11 is 5.93. The highest BCUT2D eigenvalue weighted by Gasteiger charge is 2.22. The molecule has 7 heteroatoms. The molecule has 31 heavy (non-hydrogen) atoms. The van der Waals surface area contributed by atoms with Crippen molar-refractivity contribution in [2.45, 2.75) is 38.6 Å². The van der Waals surface area contributed by atoms with Gasteiger partial charge < -0.3 is 15.2 Å². The minimum atomic E-state index is -0.424. The number of rotatable bonds is 5. The number of fused-ring (bicyclic) bond motifs is 1. The van der Waals surface area contributed by atoms with E-state index < -0.39 is 5.82 Å². The molecule has 1 amide bonds. The first-order chi connectivity index (χ1) is 14.9. The molecule has 1 aliphatic rings. The van der Waals surface area contributed by atoms with Gasteiger partial charge in [0.25, 0.3) is 5.56 Å². The van der Waals surface area contributed by atoms with E-state index in [4.69, 9.17) is 11.6 Å². The van der Waals surface area contributed by atoms with E-state index in [9.17, 15) is 14.0 Å². The summed E-state index contributed by atoms with van der Waals surface area (Å²) < 4.78 is 13.6. The molecule has 0 atom stereocenters.